The summed E-state index contributed by atoms with van der Waals surface area (Å²) in [5.74, 6) is -0.854. The maximum absolute atomic E-state index is 13.6. The van der Waals surface area contributed by atoms with Crippen molar-refractivity contribution in [3.8, 4) is 0 Å². The number of nitrogens with one attached hydrogen (secondary N) is 1. The molecule has 0 spiro atoms. The second-order valence-corrected chi connectivity index (χ2v) is 11.8. The molecule has 2 aromatic carbocycles. The van der Waals surface area contributed by atoms with Crippen molar-refractivity contribution in [3.05, 3.63) is 64.1 Å². The van der Waals surface area contributed by atoms with Crippen LogP contribution in [0.5, 0.6) is 0 Å². The van der Waals surface area contributed by atoms with Crippen molar-refractivity contribution in [2.24, 2.45) is 0 Å². The molecular weight excluding hydrogens is 497 g/mol. The van der Waals surface area contributed by atoms with Crippen LogP contribution in [0, 0.1) is 0 Å². The molecule has 2 amide bonds. The Labute approximate surface area is 212 Å². The van der Waals surface area contributed by atoms with Crippen LogP contribution in [-0.2, 0) is 26.2 Å². The first-order chi connectivity index (χ1) is 15.7. The normalized spacial score (nSPS) is 12.7. The molecule has 34 heavy (non-hydrogen) atoms. The lowest BCUT2D eigenvalue weighted by molar-refractivity contribution is -0.141. The average Bonchev–Trinajstić information content (AvgIpc) is 2.72. The SMILES string of the molecule is CCC(C(=O)NC(C)(C)C)N(Cc1ccccc1)C(=O)CN(c1cc(Cl)ccc1Cl)S(C)(=O)=O. The van der Waals surface area contributed by atoms with Crippen molar-refractivity contribution >= 4 is 50.7 Å². The van der Waals surface area contributed by atoms with E-state index in [0.29, 0.717) is 6.42 Å². The first-order valence-corrected chi connectivity index (χ1v) is 13.4. The number of rotatable bonds is 9. The van der Waals surface area contributed by atoms with Gasteiger partial charge in [0.2, 0.25) is 21.8 Å². The number of benzene rings is 2. The monoisotopic (exact) mass is 527 g/mol. The van der Waals surface area contributed by atoms with Crippen molar-refractivity contribution in [2.45, 2.75) is 52.2 Å². The van der Waals surface area contributed by atoms with Crippen LogP contribution in [0.25, 0.3) is 0 Å². The highest BCUT2D eigenvalue weighted by Gasteiger charge is 2.33. The van der Waals surface area contributed by atoms with Gasteiger partial charge in [0, 0.05) is 17.1 Å². The van der Waals surface area contributed by atoms with E-state index in [1.165, 1.54) is 23.1 Å². The number of carbonyl (C=O) groups is 2. The first kappa shape index (κ1) is 28.0. The molecule has 0 aliphatic carbocycles. The lowest BCUT2D eigenvalue weighted by Crippen LogP contribution is -2.55. The van der Waals surface area contributed by atoms with E-state index in [1.807, 2.05) is 51.1 Å². The summed E-state index contributed by atoms with van der Waals surface area (Å²) in [6.45, 7) is 6.97. The Morgan fingerprint density at radius 2 is 1.68 bits per heavy atom. The minimum Gasteiger partial charge on any atom is -0.350 e. The predicted octanol–water partition coefficient (Wildman–Crippen LogP) is 4.48. The molecule has 186 valence electrons. The van der Waals surface area contributed by atoms with E-state index in [2.05, 4.69) is 5.32 Å². The van der Waals surface area contributed by atoms with E-state index in [0.717, 1.165) is 16.1 Å². The van der Waals surface area contributed by atoms with Crippen LogP contribution in [-0.4, -0.2) is 49.5 Å². The third-order valence-corrected chi connectivity index (χ3v) is 6.62. The van der Waals surface area contributed by atoms with Crippen molar-refractivity contribution in [1.82, 2.24) is 10.2 Å². The van der Waals surface area contributed by atoms with Crippen LogP contribution in [0.3, 0.4) is 0 Å². The summed E-state index contributed by atoms with van der Waals surface area (Å²) in [7, 11) is -3.90. The molecule has 0 radical (unpaired) electrons. The summed E-state index contributed by atoms with van der Waals surface area (Å²) in [5.41, 5.74) is 0.403. The molecule has 1 atom stereocenters. The number of anilines is 1. The van der Waals surface area contributed by atoms with Gasteiger partial charge >= 0.3 is 0 Å². The summed E-state index contributed by atoms with van der Waals surface area (Å²) in [6.07, 6.45) is 1.33. The summed E-state index contributed by atoms with van der Waals surface area (Å²) in [5, 5.41) is 3.33. The fourth-order valence-corrected chi connectivity index (χ4v) is 4.71. The number of hydrogen-bond acceptors (Lipinski definition) is 4. The van der Waals surface area contributed by atoms with E-state index in [-0.39, 0.29) is 28.2 Å². The standard InChI is InChI=1S/C24H31Cl2N3O4S/c1-6-20(23(31)27-24(2,3)4)28(15-17-10-8-7-9-11-17)22(30)16-29(34(5,32)33)21-14-18(25)12-13-19(21)26/h7-14,20H,6,15-16H2,1-5H3,(H,27,31). The van der Waals surface area contributed by atoms with Gasteiger partial charge in [0.25, 0.3) is 0 Å². The number of sulfonamides is 1. The van der Waals surface area contributed by atoms with E-state index in [9.17, 15) is 18.0 Å². The molecule has 0 saturated heterocycles. The van der Waals surface area contributed by atoms with Crippen LogP contribution < -0.4 is 9.62 Å². The van der Waals surface area contributed by atoms with Gasteiger partial charge in [-0.25, -0.2) is 8.42 Å². The van der Waals surface area contributed by atoms with E-state index in [4.69, 9.17) is 23.2 Å². The molecule has 1 N–H and O–H groups in total. The number of halogens is 2. The van der Waals surface area contributed by atoms with E-state index < -0.39 is 34.1 Å². The van der Waals surface area contributed by atoms with Gasteiger partial charge in [-0.1, -0.05) is 60.5 Å². The Hall–Kier alpha value is -2.29. The van der Waals surface area contributed by atoms with Gasteiger partial charge in [-0.2, -0.15) is 0 Å². The zero-order valence-corrected chi connectivity index (χ0v) is 22.3. The van der Waals surface area contributed by atoms with Gasteiger partial charge in [0.05, 0.1) is 17.0 Å². The number of carbonyl (C=O) groups excluding carboxylic acids is 2. The molecule has 7 nitrogen and oxygen atoms in total. The van der Waals surface area contributed by atoms with Crippen LogP contribution in [0.15, 0.2) is 48.5 Å². The highest BCUT2D eigenvalue weighted by molar-refractivity contribution is 7.92. The van der Waals surface area contributed by atoms with Crippen molar-refractivity contribution in [3.63, 3.8) is 0 Å². The minimum atomic E-state index is -3.90. The summed E-state index contributed by atoms with van der Waals surface area (Å²) in [4.78, 5) is 28.1. The number of hydrogen-bond donors (Lipinski definition) is 1. The molecule has 0 aromatic heterocycles. The van der Waals surface area contributed by atoms with Gasteiger partial charge in [0.15, 0.2) is 0 Å². The molecule has 0 aliphatic rings. The van der Waals surface area contributed by atoms with Gasteiger partial charge in [-0.15, -0.1) is 0 Å². The molecule has 0 aliphatic heterocycles. The van der Waals surface area contributed by atoms with Gasteiger partial charge in [-0.05, 0) is 51.0 Å². The number of nitrogens with zero attached hydrogens (tertiary/aromatic N) is 2. The molecule has 1 unspecified atom stereocenters. The zero-order valence-electron chi connectivity index (χ0n) is 20.0. The van der Waals surface area contributed by atoms with E-state index in [1.54, 1.807) is 6.92 Å². The Morgan fingerprint density at radius 3 is 2.21 bits per heavy atom. The molecule has 2 aromatic rings. The summed E-state index contributed by atoms with van der Waals surface area (Å²) < 4.78 is 26.2. The molecular formula is C24H31Cl2N3O4S. The lowest BCUT2D eigenvalue weighted by atomic mass is 10.1. The van der Waals surface area contributed by atoms with Gasteiger partial charge in [0.1, 0.15) is 12.6 Å². The third kappa shape index (κ3) is 7.89. The zero-order chi connectivity index (χ0) is 25.7. The fraction of sp³-hybridized carbons (Fsp3) is 0.417. The third-order valence-electron chi connectivity index (χ3n) is 4.94. The summed E-state index contributed by atoms with van der Waals surface area (Å²) >= 11 is 12.3. The quantitative estimate of drug-likeness (QED) is 0.520. The van der Waals surface area contributed by atoms with Crippen molar-refractivity contribution in [2.75, 3.05) is 17.1 Å². The molecule has 2 rings (SSSR count). The van der Waals surface area contributed by atoms with Crippen molar-refractivity contribution < 1.29 is 18.0 Å². The second kappa shape index (κ2) is 11.4. The molecule has 0 saturated carbocycles. The van der Waals surface area contributed by atoms with Crippen LogP contribution >= 0.6 is 23.2 Å². The lowest BCUT2D eigenvalue weighted by Gasteiger charge is -2.34. The maximum Gasteiger partial charge on any atom is 0.244 e. The van der Waals surface area contributed by atoms with Gasteiger partial charge in [-0.3, -0.25) is 13.9 Å². The van der Waals surface area contributed by atoms with Gasteiger partial charge < -0.3 is 10.2 Å². The smallest absolute Gasteiger partial charge is 0.244 e. The molecule has 0 heterocycles. The van der Waals surface area contributed by atoms with Crippen LogP contribution in [0.2, 0.25) is 10.0 Å². The highest BCUT2D eigenvalue weighted by Crippen LogP contribution is 2.31. The van der Waals surface area contributed by atoms with Crippen LogP contribution in [0.4, 0.5) is 5.69 Å². The molecule has 0 fully saturated rings. The fourth-order valence-electron chi connectivity index (χ4n) is 3.42. The highest BCUT2D eigenvalue weighted by atomic mass is 35.5. The maximum atomic E-state index is 13.6. The first-order valence-electron chi connectivity index (χ1n) is 10.8. The topological polar surface area (TPSA) is 86.8 Å². The largest absolute Gasteiger partial charge is 0.350 e. The Morgan fingerprint density at radius 1 is 1.06 bits per heavy atom. The van der Waals surface area contributed by atoms with Crippen molar-refractivity contribution in [1.29, 1.82) is 0 Å². The van der Waals surface area contributed by atoms with Crippen LogP contribution in [0.1, 0.15) is 39.7 Å². The number of amides is 2. The minimum absolute atomic E-state index is 0.0943. The predicted molar refractivity (Wildman–Crippen MR) is 138 cm³/mol. The van der Waals surface area contributed by atoms with E-state index >= 15 is 0 Å². The molecule has 0 bridgehead atoms. The second-order valence-electron chi connectivity index (χ2n) is 9.04. The average molecular weight is 529 g/mol. The Kier molecular flexibility index (Phi) is 9.39. The molecule has 10 heteroatoms. The Bertz CT molecular complexity index is 1120. The Balaban J connectivity index is 2.48. The summed E-state index contributed by atoms with van der Waals surface area (Å²) in [6, 6.07) is 12.8.